The lowest BCUT2D eigenvalue weighted by molar-refractivity contribution is 0.730. The maximum Gasteiger partial charge on any atom is 0.343 e. The molecular formula is C3H4BrN3O. The highest BCUT2D eigenvalue weighted by atomic mass is 79.9. The summed E-state index contributed by atoms with van der Waals surface area (Å²) >= 11 is 3.00. The van der Waals surface area contributed by atoms with Crippen LogP contribution in [0, 0.1) is 0 Å². The Morgan fingerprint density at radius 3 is 2.62 bits per heavy atom. The molecule has 8 heavy (non-hydrogen) atoms. The Morgan fingerprint density at radius 1 is 1.88 bits per heavy atom. The van der Waals surface area contributed by atoms with E-state index in [1.54, 1.807) is 7.05 Å². The highest BCUT2D eigenvalue weighted by Crippen LogP contribution is 1.92. The van der Waals surface area contributed by atoms with E-state index in [4.69, 9.17) is 0 Å². The van der Waals surface area contributed by atoms with Crippen LogP contribution in [-0.2, 0) is 7.05 Å². The number of rotatable bonds is 0. The minimum absolute atomic E-state index is 0.211. The van der Waals surface area contributed by atoms with E-state index in [1.807, 2.05) is 0 Å². The van der Waals surface area contributed by atoms with Gasteiger partial charge in [0.15, 0.2) is 4.73 Å². The van der Waals surface area contributed by atoms with Crippen molar-refractivity contribution in [3.63, 3.8) is 0 Å². The number of hydrogen-bond donors (Lipinski definition) is 1. The Hall–Kier alpha value is -0.580. The van der Waals surface area contributed by atoms with E-state index in [0.717, 1.165) is 0 Å². The Kier molecular flexibility index (Phi) is 1.21. The maximum absolute atomic E-state index is 10.5. The number of aromatic amines is 1. The van der Waals surface area contributed by atoms with Crippen molar-refractivity contribution in [3.8, 4) is 0 Å². The maximum atomic E-state index is 10.5. The standard InChI is InChI=1S/C3H4BrN3O/c1-7-3(8)5-2(4)6-7/h1H3,(H,5,6,8). The predicted molar refractivity (Wildman–Crippen MR) is 31.5 cm³/mol. The summed E-state index contributed by atoms with van der Waals surface area (Å²) < 4.78 is 1.68. The molecule has 0 bridgehead atoms. The van der Waals surface area contributed by atoms with Crippen LogP contribution in [0.25, 0.3) is 0 Å². The quantitative estimate of drug-likeness (QED) is 0.601. The fraction of sp³-hybridized carbons (Fsp3) is 0.333. The van der Waals surface area contributed by atoms with E-state index in [2.05, 4.69) is 26.0 Å². The normalized spacial score (nSPS) is 9.75. The van der Waals surface area contributed by atoms with Crippen molar-refractivity contribution in [1.29, 1.82) is 0 Å². The first-order valence-corrected chi connectivity index (χ1v) is 2.78. The third-order valence-electron chi connectivity index (χ3n) is 0.742. The summed E-state index contributed by atoms with van der Waals surface area (Å²) in [6, 6.07) is 0. The van der Waals surface area contributed by atoms with E-state index in [-0.39, 0.29) is 5.69 Å². The van der Waals surface area contributed by atoms with Gasteiger partial charge in [-0.25, -0.2) is 9.48 Å². The number of H-pyrrole nitrogens is 1. The van der Waals surface area contributed by atoms with Gasteiger partial charge in [0.25, 0.3) is 0 Å². The van der Waals surface area contributed by atoms with E-state index in [1.165, 1.54) is 4.68 Å². The van der Waals surface area contributed by atoms with Crippen LogP contribution in [0.1, 0.15) is 0 Å². The van der Waals surface area contributed by atoms with Gasteiger partial charge in [0.2, 0.25) is 0 Å². The van der Waals surface area contributed by atoms with Gasteiger partial charge in [0.1, 0.15) is 0 Å². The zero-order valence-corrected chi connectivity index (χ0v) is 5.77. The van der Waals surface area contributed by atoms with Crippen LogP contribution in [0.5, 0.6) is 0 Å². The van der Waals surface area contributed by atoms with Crippen LogP contribution in [-0.4, -0.2) is 14.8 Å². The third kappa shape index (κ3) is 0.812. The van der Waals surface area contributed by atoms with Crippen LogP contribution >= 0.6 is 15.9 Å². The molecular weight excluding hydrogens is 174 g/mol. The largest absolute Gasteiger partial charge is 0.343 e. The molecule has 1 rings (SSSR count). The van der Waals surface area contributed by atoms with Gasteiger partial charge in [-0.15, -0.1) is 5.10 Å². The van der Waals surface area contributed by atoms with Crippen LogP contribution in [0.2, 0.25) is 0 Å². The fourth-order valence-electron chi connectivity index (χ4n) is 0.371. The molecule has 0 saturated carbocycles. The molecule has 0 aliphatic carbocycles. The fourth-order valence-corrected chi connectivity index (χ4v) is 0.779. The summed E-state index contributed by atoms with van der Waals surface area (Å²) in [7, 11) is 1.57. The summed E-state index contributed by atoms with van der Waals surface area (Å²) in [5.41, 5.74) is -0.211. The van der Waals surface area contributed by atoms with Gasteiger partial charge in [-0.05, 0) is 15.9 Å². The second-order valence-electron chi connectivity index (χ2n) is 1.34. The van der Waals surface area contributed by atoms with E-state index >= 15 is 0 Å². The zero-order chi connectivity index (χ0) is 6.15. The molecule has 1 aromatic heterocycles. The molecule has 44 valence electrons. The van der Waals surface area contributed by atoms with Crippen molar-refractivity contribution in [2.24, 2.45) is 7.05 Å². The first-order chi connectivity index (χ1) is 3.70. The van der Waals surface area contributed by atoms with Crippen LogP contribution in [0.4, 0.5) is 0 Å². The Bertz CT molecular complexity index is 237. The SMILES string of the molecule is Cn1nc(Br)[nH]c1=O. The molecule has 0 amide bonds. The number of halogens is 1. The minimum Gasteiger partial charge on any atom is -0.283 e. The molecule has 1 heterocycles. The van der Waals surface area contributed by atoms with Crippen LogP contribution in [0.3, 0.4) is 0 Å². The van der Waals surface area contributed by atoms with Crippen LogP contribution < -0.4 is 5.69 Å². The van der Waals surface area contributed by atoms with Gasteiger partial charge < -0.3 is 0 Å². The van der Waals surface area contributed by atoms with Crippen molar-refractivity contribution in [2.45, 2.75) is 0 Å². The molecule has 0 atom stereocenters. The predicted octanol–water partition coefficient (Wildman–Crippen LogP) is -0.129. The van der Waals surface area contributed by atoms with E-state index < -0.39 is 0 Å². The van der Waals surface area contributed by atoms with Crippen molar-refractivity contribution < 1.29 is 0 Å². The summed E-state index contributed by atoms with van der Waals surface area (Å²) in [4.78, 5) is 12.9. The highest BCUT2D eigenvalue weighted by molar-refractivity contribution is 9.10. The smallest absolute Gasteiger partial charge is 0.283 e. The summed E-state index contributed by atoms with van der Waals surface area (Å²) in [6.07, 6.45) is 0. The number of nitrogens with one attached hydrogen (secondary N) is 1. The van der Waals surface area contributed by atoms with Gasteiger partial charge in [-0.2, -0.15) is 0 Å². The second kappa shape index (κ2) is 1.74. The lowest BCUT2D eigenvalue weighted by atomic mass is 11.2. The first kappa shape index (κ1) is 5.55. The van der Waals surface area contributed by atoms with Crippen molar-refractivity contribution >= 4 is 15.9 Å². The Morgan fingerprint density at radius 2 is 2.50 bits per heavy atom. The van der Waals surface area contributed by atoms with Gasteiger partial charge in [0, 0.05) is 7.05 Å². The van der Waals surface area contributed by atoms with E-state index in [9.17, 15) is 4.79 Å². The zero-order valence-electron chi connectivity index (χ0n) is 4.18. The average Bonchev–Trinajstić information content (AvgIpc) is 1.85. The second-order valence-corrected chi connectivity index (χ2v) is 2.10. The molecule has 1 aromatic rings. The van der Waals surface area contributed by atoms with Crippen molar-refractivity contribution in [1.82, 2.24) is 14.8 Å². The van der Waals surface area contributed by atoms with Gasteiger partial charge in [-0.1, -0.05) is 0 Å². The molecule has 0 aliphatic heterocycles. The van der Waals surface area contributed by atoms with Crippen LogP contribution in [0.15, 0.2) is 9.53 Å². The first-order valence-electron chi connectivity index (χ1n) is 1.99. The third-order valence-corrected chi connectivity index (χ3v) is 1.10. The highest BCUT2D eigenvalue weighted by Gasteiger charge is 1.92. The Balaban J connectivity index is 3.35. The monoisotopic (exact) mass is 177 g/mol. The lowest BCUT2D eigenvalue weighted by Crippen LogP contribution is -2.13. The van der Waals surface area contributed by atoms with Crippen molar-refractivity contribution in [3.05, 3.63) is 15.2 Å². The molecule has 4 nitrogen and oxygen atoms in total. The summed E-state index contributed by atoms with van der Waals surface area (Å²) in [5.74, 6) is 0. The number of aromatic nitrogens is 3. The minimum atomic E-state index is -0.211. The molecule has 0 aliphatic rings. The number of aryl methyl sites for hydroxylation is 1. The molecule has 1 N–H and O–H groups in total. The van der Waals surface area contributed by atoms with Gasteiger partial charge in [0.05, 0.1) is 0 Å². The summed E-state index contributed by atoms with van der Waals surface area (Å²) in [6.45, 7) is 0. The number of nitrogens with zero attached hydrogens (tertiary/aromatic N) is 2. The molecule has 0 saturated heterocycles. The molecule has 0 fully saturated rings. The molecule has 0 spiro atoms. The molecule has 0 aromatic carbocycles. The van der Waals surface area contributed by atoms with Gasteiger partial charge in [-0.3, -0.25) is 4.98 Å². The van der Waals surface area contributed by atoms with Gasteiger partial charge >= 0.3 is 5.69 Å². The van der Waals surface area contributed by atoms with E-state index in [0.29, 0.717) is 4.73 Å². The molecule has 0 unspecified atom stereocenters. The van der Waals surface area contributed by atoms with Crippen molar-refractivity contribution in [2.75, 3.05) is 0 Å². The molecule has 5 heteroatoms. The topological polar surface area (TPSA) is 50.7 Å². The Labute approximate surface area is 53.7 Å². The number of hydrogen-bond acceptors (Lipinski definition) is 2. The summed E-state index contributed by atoms with van der Waals surface area (Å²) in [5, 5.41) is 3.68. The lowest BCUT2D eigenvalue weighted by Gasteiger charge is -1.75. The average molecular weight is 178 g/mol. The molecule has 0 radical (unpaired) electrons.